The number of nitrogens with zero attached hydrogens (tertiary/aromatic N) is 1. The van der Waals surface area contributed by atoms with Gasteiger partial charge in [-0.05, 0) is 33.1 Å². The summed E-state index contributed by atoms with van der Waals surface area (Å²) in [6.07, 6.45) is 3.83. The molecule has 1 aliphatic rings. The molecule has 0 aromatic carbocycles. The van der Waals surface area contributed by atoms with Crippen LogP contribution >= 0.6 is 24.0 Å². The van der Waals surface area contributed by atoms with Gasteiger partial charge in [0.25, 0.3) is 0 Å². The lowest BCUT2D eigenvalue weighted by molar-refractivity contribution is -0.128. The zero-order chi connectivity index (χ0) is 19.7. The summed E-state index contributed by atoms with van der Waals surface area (Å²) in [6, 6.07) is 0.413. The number of guanidine groups is 1. The van der Waals surface area contributed by atoms with E-state index in [1.165, 1.54) is 0 Å². The molecular formula is C19H38IN5O2. The number of halogens is 1. The van der Waals surface area contributed by atoms with Gasteiger partial charge in [0.15, 0.2) is 5.96 Å². The highest BCUT2D eigenvalue weighted by molar-refractivity contribution is 14.0. The number of amides is 2. The first-order chi connectivity index (χ1) is 12.1. The minimum Gasteiger partial charge on any atom is -0.355 e. The van der Waals surface area contributed by atoms with Crippen LogP contribution in [0.5, 0.6) is 0 Å². The lowest BCUT2D eigenvalue weighted by atomic mass is 9.85. The normalized spacial score (nSPS) is 20.5. The van der Waals surface area contributed by atoms with Gasteiger partial charge in [0.1, 0.15) is 0 Å². The monoisotopic (exact) mass is 495 g/mol. The van der Waals surface area contributed by atoms with Crippen LogP contribution in [0.4, 0.5) is 0 Å². The fourth-order valence-corrected chi connectivity index (χ4v) is 2.97. The molecule has 4 N–H and O–H groups in total. The smallest absolute Gasteiger partial charge is 0.225 e. The SMILES string of the molecule is CN=C(NCCNC(=O)C(C)(C)C)NC1CCCC(C(=O)NC(C)C)C1.I. The van der Waals surface area contributed by atoms with E-state index in [-0.39, 0.29) is 59.2 Å². The van der Waals surface area contributed by atoms with Crippen LogP contribution in [-0.2, 0) is 9.59 Å². The third kappa shape index (κ3) is 10.2. The van der Waals surface area contributed by atoms with Gasteiger partial charge in [-0.15, -0.1) is 24.0 Å². The van der Waals surface area contributed by atoms with Crippen molar-refractivity contribution in [1.82, 2.24) is 21.3 Å². The van der Waals surface area contributed by atoms with Crippen LogP contribution in [0, 0.1) is 11.3 Å². The van der Waals surface area contributed by atoms with E-state index in [0.29, 0.717) is 19.0 Å². The fourth-order valence-electron chi connectivity index (χ4n) is 2.97. The quantitative estimate of drug-likeness (QED) is 0.196. The minimum atomic E-state index is -0.381. The number of carbonyl (C=O) groups excluding carboxylic acids is 2. The first kappa shape index (κ1) is 25.9. The van der Waals surface area contributed by atoms with E-state index in [1.807, 2.05) is 34.6 Å². The maximum atomic E-state index is 12.2. The topological polar surface area (TPSA) is 94.6 Å². The summed E-state index contributed by atoms with van der Waals surface area (Å²) in [7, 11) is 1.73. The van der Waals surface area contributed by atoms with Crippen molar-refractivity contribution in [1.29, 1.82) is 0 Å². The molecule has 1 saturated carbocycles. The van der Waals surface area contributed by atoms with Crippen molar-refractivity contribution in [3.63, 3.8) is 0 Å². The summed E-state index contributed by atoms with van der Waals surface area (Å²) in [5.41, 5.74) is -0.381. The summed E-state index contributed by atoms with van der Waals surface area (Å²) >= 11 is 0. The standard InChI is InChI=1S/C19H37N5O2.HI/c1-13(2)23-16(25)14-8-7-9-15(12-14)24-18(20-6)22-11-10-21-17(26)19(3,4)5;/h13-15H,7-12H2,1-6H3,(H,21,26)(H,23,25)(H2,20,22,24);1H. The molecular weight excluding hydrogens is 457 g/mol. The summed E-state index contributed by atoms with van der Waals surface area (Å²) in [5, 5.41) is 12.6. The van der Waals surface area contributed by atoms with Crippen molar-refractivity contribution in [2.24, 2.45) is 16.3 Å². The van der Waals surface area contributed by atoms with E-state index in [1.54, 1.807) is 7.05 Å². The third-order valence-electron chi connectivity index (χ3n) is 4.42. The molecule has 7 nitrogen and oxygen atoms in total. The van der Waals surface area contributed by atoms with Gasteiger partial charge in [-0.25, -0.2) is 0 Å². The van der Waals surface area contributed by atoms with E-state index < -0.39 is 0 Å². The zero-order valence-corrected chi connectivity index (χ0v) is 20.0. The van der Waals surface area contributed by atoms with Crippen molar-refractivity contribution in [2.45, 2.75) is 72.4 Å². The van der Waals surface area contributed by atoms with E-state index in [4.69, 9.17) is 0 Å². The molecule has 0 radical (unpaired) electrons. The molecule has 1 fully saturated rings. The average Bonchev–Trinajstić information content (AvgIpc) is 2.56. The lowest BCUT2D eigenvalue weighted by Crippen LogP contribution is -2.49. The number of hydrogen-bond acceptors (Lipinski definition) is 3. The number of rotatable bonds is 6. The molecule has 27 heavy (non-hydrogen) atoms. The molecule has 0 aromatic rings. The van der Waals surface area contributed by atoms with Crippen LogP contribution in [-0.4, -0.2) is 50.0 Å². The molecule has 2 unspecified atom stereocenters. The summed E-state index contributed by atoms with van der Waals surface area (Å²) < 4.78 is 0. The molecule has 0 spiro atoms. The molecule has 0 aromatic heterocycles. The molecule has 0 saturated heterocycles. The summed E-state index contributed by atoms with van der Waals surface area (Å²) in [5.74, 6) is 0.964. The van der Waals surface area contributed by atoms with Gasteiger partial charge < -0.3 is 21.3 Å². The maximum absolute atomic E-state index is 12.2. The van der Waals surface area contributed by atoms with Gasteiger partial charge in [-0.2, -0.15) is 0 Å². The first-order valence-corrected chi connectivity index (χ1v) is 9.69. The van der Waals surface area contributed by atoms with Crippen molar-refractivity contribution >= 4 is 41.8 Å². The van der Waals surface area contributed by atoms with E-state index >= 15 is 0 Å². The molecule has 0 bridgehead atoms. The fraction of sp³-hybridized carbons (Fsp3) is 0.842. The van der Waals surface area contributed by atoms with Gasteiger partial charge in [-0.3, -0.25) is 14.6 Å². The van der Waals surface area contributed by atoms with Crippen LogP contribution in [0.25, 0.3) is 0 Å². The Morgan fingerprint density at radius 3 is 2.30 bits per heavy atom. The molecule has 158 valence electrons. The van der Waals surface area contributed by atoms with E-state index in [9.17, 15) is 9.59 Å². The second-order valence-electron chi connectivity index (χ2n) is 8.37. The highest BCUT2D eigenvalue weighted by Gasteiger charge is 2.28. The molecule has 2 atom stereocenters. The van der Waals surface area contributed by atoms with Gasteiger partial charge >= 0.3 is 0 Å². The minimum absolute atomic E-state index is 0. The Balaban J connectivity index is 0.00000676. The Morgan fingerprint density at radius 2 is 1.74 bits per heavy atom. The predicted octanol–water partition coefficient (Wildman–Crippen LogP) is 2.02. The number of carbonyl (C=O) groups is 2. The summed E-state index contributed by atoms with van der Waals surface area (Å²) in [4.78, 5) is 28.3. The first-order valence-electron chi connectivity index (χ1n) is 9.69. The Labute approximate surface area is 181 Å². The van der Waals surface area contributed by atoms with Gasteiger partial charge in [0.05, 0.1) is 0 Å². The largest absolute Gasteiger partial charge is 0.355 e. The third-order valence-corrected chi connectivity index (χ3v) is 4.42. The van der Waals surface area contributed by atoms with Crippen LogP contribution in [0.3, 0.4) is 0 Å². The van der Waals surface area contributed by atoms with Gasteiger partial charge in [-0.1, -0.05) is 27.2 Å². The molecule has 8 heteroatoms. The van der Waals surface area contributed by atoms with Crippen molar-refractivity contribution in [3.8, 4) is 0 Å². The highest BCUT2D eigenvalue weighted by Crippen LogP contribution is 2.24. The molecule has 2 amide bonds. The van der Waals surface area contributed by atoms with Gasteiger partial charge in [0, 0.05) is 43.6 Å². The van der Waals surface area contributed by atoms with E-state index in [0.717, 1.165) is 25.7 Å². The second-order valence-corrected chi connectivity index (χ2v) is 8.37. The van der Waals surface area contributed by atoms with Crippen LogP contribution < -0.4 is 21.3 Å². The predicted molar refractivity (Wildman–Crippen MR) is 121 cm³/mol. The average molecular weight is 495 g/mol. The number of hydrogen-bond donors (Lipinski definition) is 4. The van der Waals surface area contributed by atoms with Crippen LogP contribution in [0.1, 0.15) is 60.3 Å². The number of nitrogens with one attached hydrogen (secondary N) is 4. The Bertz CT molecular complexity index is 503. The highest BCUT2D eigenvalue weighted by atomic mass is 127. The Hall–Kier alpha value is -1.06. The number of aliphatic imine (C=N–C) groups is 1. The Kier molecular flexibility index (Phi) is 11.9. The van der Waals surface area contributed by atoms with Crippen molar-refractivity contribution < 1.29 is 9.59 Å². The lowest BCUT2D eigenvalue weighted by Gasteiger charge is -2.30. The molecule has 1 aliphatic carbocycles. The molecule has 1 rings (SSSR count). The zero-order valence-electron chi connectivity index (χ0n) is 17.6. The maximum Gasteiger partial charge on any atom is 0.225 e. The van der Waals surface area contributed by atoms with Crippen LogP contribution in [0.2, 0.25) is 0 Å². The van der Waals surface area contributed by atoms with E-state index in [2.05, 4.69) is 26.3 Å². The second kappa shape index (κ2) is 12.4. The summed E-state index contributed by atoms with van der Waals surface area (Å²) in [6.45, 7) is 10.8. The molecule has 0 heterocycles. The molecule has 0 aliphatic heterocycles. The van der Waals surface area contributed by atoms with Gasteiger partial charge in [0.2, 0.25) is 11.8 Å². The van der Waals surface area contributed by atoms with Crippen molar-refractivity contribution in [3.05, 3.63) is 0 Å². The Morgan fingerprint density at radius 1 is 1.11 bits per heavy atom. The van der Waals surface area contributed by atoms with Crippen LogP contribution in [0.15, 0.2) is 4.99 Å². The van der Waals surface area contributed by atoms with Crippen molar-refractivity contribution in [2.75, 3.05) is 20.1 Å².